The highest BCUT2D eigenvalue weighted by molar-refractivity contribution is 5.99. The van der Waals surface area contributed by atoms with Gasteiger partial charge in [0.25, 0.3) is 5.91 Å². The fraction of sp³-hybridized carbons (Fsp3) is 0.316. The number of hydrogen-bond acceptors (Lipinski definition) is 5. The summed E-state index contributed by atoms with van der Waals surface area (Å²) in [6, 6.07) is 9.18. The molecule has 2 aromatic heterocycles. The predicted molar refractivity (Wildman–Crippen MR) is 95.0 cm³/mol. The van der Waals surface area contributed by atoms with Crippen LogP contribution in [0.1, 0.15) is 27.9 Å². The third kappa shape index (κ3) is 3.39. The molecule has 0 aliphatic heterocycles. The number of furan rings is 2. The monoisotopic (exact) mass is 342 g/mol. The van der Waals surface area contributed by atoms with Crippen molar-refractivity contribution in [2.75, 3.05) is 27.7 Å². The Morgan fingerprint density at radius 2 is 2.12 bits per heavy atom. The fourth-order valence-electron chi connectivity index (χ4n) is 2.83. The third-order valence-corrected chi connectivity index (χ3v) is 4.30. The first-order chi connectivity index (χ1) is 12.0. The van der Waals surface area contributed by atoms with E-state index in [0.717, 1.165) is 22.5 Å². The number of ether oxygens (including phenoxy) is 1. The highest BCUT2D eigenvalue weighted by Crippen LogP contribution is 2.29. The molecule has 0 bridgehead atoms. The van der Waals surface area contributed by atoms with Crippen LogP contribution in [-0.4, -0.2) is 38.6 Å². The van der Waals surface area contributed by atoms with Gasteiger partial charge in [-0.3, -0.25) is 9.69 Å². The van der Waals surface area contributed by atoms with Crippen LogP contribution in [0.4, 0.5) is 0 Å². The van der Waals surface area contributed by atoms with Crippen molar-refractivity contribution >= 4 is 16.9 Å². The van der Waals surface area contributed by atoms with Gasteiger partial charge in [0.15, 0.2) is 5.76 Å². The van der Waals surface area contributed by atoms with Crippen LogP contribution in [0.3, 0.4) is 0 Å². The molecule has 6 heteroatoms. The molecule has 0 saturated carbocycles. The molecule has 1 N–H and O–H groups in total. The van der Waals surface area contributed by atoms with Crippen molar-refractivity contribution in [1.29, 1.82) is 0 Å². The Bertz CT molecular complexity index is 865. The second-order valence-corrected chi connectivity index (χ2v) is 6.12. The van der Waals surface area contributed by atoms with E-state index < -0.39 is 0 Å². The van der Waals surface area contributed by atoms with Crippen LogP contribution in [0.5, 0.6) is 5.75 Å². The first-order valence-corrected chi connectivity index (χ1v) is 8.06. The van der Waals surface area contributed by atoms with Crippen molar-refractivity contribution in [3.63, 3.8) is 0 Å². The minimum absolute atomic E-state index is 0.0521. The van der Waals surface area contributed by atoms with Crippen molar-refractivity contribution in [2.24, 2.45) is 0 Å². The molecule has 3 aromatic rings. The summed E-state index contributed by atoms with van der Waals surface area (Å²) in [6.45, 7) is 2.29. The molecule has 25 heavy (non-hydrogen) atoms. The minimum atomic E-state index is -0.244. The molecule has 132 valence electrons. The second-order valence-electron chi connectivity index (χ2n) is 6.12. The molecular weight excluding hydrogens is 320 g/mol. The highest BCUT2D eigenvalue weighted by Gasteiger charge is 2.22. The molecule has 0 radical (unpaired) electrons. The van der Waals surface area contributed by atoms with Gasteiger partial charge in [-0.15, -0.1) is 0 Å². The van der Waals surface area contributed by atoms with Gasteiger partial charge in [-0.1, -0.05) is 0 Å². The second kappa shape index (κ2) is 7.03. The Labute approximate surface area is 146 Å². The van der Waals surface area contributed by atoms with Gasteiger partial charge in [0.1, 0.15) is 17.1 Å². The van der Waals surface area contributed by atoms with Crippen molar-refractivity contribution in [1.82, 2.24) is 10.2 Å². The third-order valence-electron chi connectivity index (χ3n) is 4.30. The quantitative estimate of drug-likeness (QED) is 0.744. The highest BCUT2D eigenvalue weighted by atomic mass is 16.5. The van der Waals surface area contributed by atoms with Gasteiger partial charge in [0.2, 0.25) is 0 Å². The van der Waals surface area contributed by atoms with Gasteiger partial charge in [0, 0.05) is 17.5 Å². The van der Waals surface area contributed by atoms with Crippen LogP contribution in [0.2, 0.25) is 0 Å². The van der Waals surface area contributed by atoms with Crippen LogP contribution >= 0.6 is 0 Å². The van der Waals surface area contributed by atoms with Crippen molar-refractivity contribution in [2.45, 2.75) is 13.0 Å². The number of rotatable bonds is 6. The average Bonchev–Trinajstić information content (AvgIpc) is 3.23. The normalized spacial score (nSPS) is 12.5. The molecule has 3 rings (SSSR count). The molecule has 0 saturated heterocycles. The molecule has 1 atom stereocenters. The lowest BCUT2D eigenvalue weighted by Crippen LogP contribution is -2.34. The van der Waals surface area contributed by atoms with E-state index in [2.05, 4.69) is 5.32 Å². The zero-order chi connectivity index (χ0) is 18.0. The molecule has 2 heterocycles. The summed E-state index contributed by atoms with van der Waals surface area (Å²) in [4.78, 5) is 14.6. The topological polar surface area (TPSA) is 67.8 Å². The van der Waals surface area contributed by atoms with Gasteiger partial charge < -0.3 is 18.9 Å². The van der Waals surface area contributed by atoms with Crippen LogP contribution in [0.25, 0.3) is 11.0 Å². The number of aryl methyl sites for hydroxylation is 1. The summed E-state index contributed by atoms with van der Waals surface area (Å²) in [5.41, 5.74) is 1.46. The number of carbonyl (C=O) groups excluding carboxylic acids is 1. The Hall–Kier alpha value is -2.73. The van der Waals surface area contributed by atoms with E-state index in [0.29, 0.717) is 17.9 Å². The van der Waals surface area contributed by atoms with E-state index in [9.17, 15) is 4.79 Å². The summed E-state index contributed by atoms with van der Waals surface area (Å²) in [6.07, 6.45) is 1.63. The predicted octanol–water partition coefficient (Wildman–Crippen LogP) is 3.38. The summed E-state index contributed by atoms with van der Waals surface area (Å²) in [7, 11) is 5.50. The number of amides is 1. The first-order valence-electron chi connectivity index (χ1n) is 8.06. The van der Waals surface area contributed by atoms with E-state index in [1.54, 1.807) is 13.4 Å². The average molecular weight is 342 g/mol. The number of nitrogens with zero attached hydrogens (tertiary/aromatic N) is 1. The van der Waals surface area contributed by atoms with E-state index in [1.807, 2.05) is 56.3 Å². The number of benzene rings is 1. The summed E-state index contributed by atoms with van der Waals surface area (Å²) in [5.74, 6) is 1.61. The largest absolute Gasteiger partial charge is 0.497 e. The van der Waals surface area contributed by atoms with Crippen LogP contribution in [-0.2, 0) is 0 Å². The van der Waals surface area contributed by atoms with Gasteiger partial charge >= 0.3 is 0 Å². The fourth-order valence-corrected chi connectivity index (χ4v) is 2.83. The van der Waals surface area contributed by atoms with Crippen molar-refractivity contribution in [3.05, 3.63) is 53.7 Å². The maximum atomic E-state index is 12.6. The van der Waals surface area contributed by atoms with Crippen LogP contribution in [0.15, 0.2) is 45.4 Å². The van der Waals surface area contributed by atoms with E-state index in [4.69, 9.17) is 13.6 Å². The first kappa shape index (κ1) is 17.1. The number of fused-ring (bicyclic) bond motifs is 1. The number of carbonyl (C=O) groups is 1. The smallest absolute Gasteiger partial charge is 0.287 e. The number of nitrogens with one attached hydrogen (secondary N) is 1. The lowest BCUT2D eigenvalue weighted by atomic mass is 10.1. The SMILES string of the molecule is COc1ccc2oc(C(=O)NC[C@@H](c3ccco3)N(C)C)c(C)c2c1. The van der Waals surface area contributed by atoms with Gasteiger partial charge in [-0.25, -0.2) is 0 Å². The molecule has 0 unspecified atom stereocenters. The molecule has 1 amide bonds. The molecule has 0 aliphatic rings. The van der Waals surface area contributed by atoms with E-state index >= 15 is 0 Å². The molecule has 0 fully saturated rings. The molecule has 0 spiro atoms. The Morgan fingerprint density at radius 3 is 2.76 bits per heavy atom. The molecule has 1 aromatic carbocycles. The molecule has 6 nitrogen and oxygen atoms in total. The minimum Gasteiger partial charge on any atom is -0.497 e. The van der Waals surface area contributed by atoms with Gasteiger partial charge in [-0.2, -0.15) is 0 Å². The van der Waals surface area contributed by atoms with Gasteiger partial charge in [-0.05, 0) is 51.4 Å². The zero-order valence-corrected chi connectivity index (χ0v) is 14.8. The van der Waals surface area contributed by atoms with Crippen LogP contribution in [0, 0.1) is 6.92 Å². The molecular formula is C19H22N2O4. The van der Waals surface area contributed by atoms with Gasteiger partial charge in [0.05, 0.1) is 19.4 Å². The lowest BCUT2D eigenvalue weighted by Gasteiger charge is -2.22. The Kier molecular flexibility index (Phi) is 4.81. The maximum absolute atomic E-state index is 12.6. The summed E-state index contributed by atoms with van der Waals surface area (Å²) < 4.78 is 16.4. The Balaban J connectivity index is 1.79. The summed E-state index contributed by atoms with van der Waals surface area (Å²) in [5, 5.41) is 3.81. The number of likely N-dealkylation sites (N-methyl/N-ethyl adjacent to an activating group) is 1. The van der Waals surface area contributed by atoms with Crippen LogP contribution < -0.4 is 10.1 Å². The molecule has 0 aliphatic carbocycles. The zero-order valence-electron chi connectivity index (χ0n) is 14.8. The van der Waals surface area contributed by atoms with Crippen molar-refractivity contribution < 1.29 is 18.4 Å². The van der Waals surface area contributed by atoms with E-state index in [1.165, 1.54) is 0 Å². The maximum Gasteiger partial charge on any atom is 0.287 e. The standard InChI is InChI=1S/C19H22N2O4/c1-12-14-10-13(23-4)7-8-16(14)25-18(12)19(22)20-11-15(21(2)3)17-6-5-9-24-17/h5-10,15H,11H2,1-4H3,(H,20,22)/t15-/m0/s1. The van der Waals surface area contributed by atoms with E-state index in [-0.39, 0.29) is 11.9 Å². The Morgan fingerprint density at radius 1 is 1.32 bits per heavy atom. The summed E-state index contributed by atoms with van der Waals surface area (Å²) >= 11 is 0. The number of hydrogen-bond donors (Lipinski definition) is 1. The lowest BCUT2D eigenvalue weighted by molar-refractivity contribution is 0.0912. The number of methoxy groups -OCH3 is 1. The van der Waals surface area contributed by atoms with Crippen molar-refractivity contribution in [3.8, 4) is 5.75 Å².